The van der Waals surface area contributed by atoms with E-state index in [1.807, 2.05) is 0 Å². The van der Waals surface area contributed by atoms with Crippen LogP contribution in [-0.4, -0.2) is 32.6 Å². The molecule has 0 spiro atoms. The van der Waals surface area contributed by atoms with Crippen LogP contribution in [0.1, 0.15) is 32.1 Å². The van der Waals surface area contributed by atoms with Gasteiger partial charge in [-0.3, -0.25) is 9.78 Å². The molecule has 120 valence electrons. The third-order valence-electron chi connectivity index (χ3n) is 3.43. The number of hydrazone groups is 1. The van der Waals surface area contributed by atoms with Crippen LogP contribution in [0, 0.1) is 0 Å². The van der Waals surface area contributed by atoms with Crippen molar-refractivity contribution in [1.29, 1.82) is 0 Å². The molecule has 0 unspecified atom stereocenters. The molecule has 0 aliphatic heterocycles. The third-order valence-corrected chi connectivity index (χ3v) is 4.25. The van der Waals surface area contributed by atoms with Crippen molar-refractivity contribution in [3.8, 4) is 11.5 Å². The molecule has 0 aromatic carbocycles. The van der Waals surface area contributed by atoms with E-state index in [2.05, 4.69) is 25.7 Å². The standard InChI is InChI=1S/C15H17N5O2S/c21-13(18-17-12-4-2-1-3-5-12)10-23-15-20-19-14(22-15)11-6-8-16-9-7-11/h6-9H,1-5,10H2,(H,18,21). The molecular formula is C15H17N5O2S. The van der Waals surface area contributed by atoms with E-state index in [-0.39, 0.29) is 11.7 Å². The van der Waals surface area contributed by atoms with Crippen LogP contribution in [0.2, 0.25) is 0 Å². The lowest BCUT2D eigenvalue weighted by atomic mass is 9.99. The number of thioether (sulfide) groups is 1. The van der Waals surface area contributed by atoms with Crippen molar-refractivity contribution in [2.75, 3.05) is 5.75 Å². The van der Waals surface area contributed by atoms with Gasteiger partial charge >= 0.3 is 0 Å². The van der Waals surface area contributed by atoms with Crippen LogP contribution < -0.4 is 5.43 Å². The van der Waals surface area contributed by atoms with E-state index >= 15 is 0 Å². The van der Waals surface area contributed by atoms with Crippen LogP contribution in [0.3, 0.4) is 0 Å². The van der Waals surface area contributed by atoms with Gasteiger partial charge in [-0.2, -0.15) is 5.10 Å². The minimum Gasteiger partial charge on any atom is -0.411 e. The van der Waals surface area contributed by atoms with E-state index in [9.17, 15) is 4.79 Å². The highest BCUT2D eigenvalue weighted by atomic mass is 32.2. The lowest BCUT2D eigenvalue weighted by molar-refractivity contribution is -0.118. The summed E-state index contributed by atoms with van der Waals surface area (Å²) in [4.78, 5) is 15.7. The molecule has 7 nitrogen and oxygen atoms in total. The maximum atomic E-state index is 11.8. The first-order valence-corrected chi connectivity index (χ1v) is 8.51. The molecule has 0 bridgehead atoms. The number of nitrogens with one attached hydrogen (secondary N) is 1. The van der Waals surface area contributed by atoms with Crippen molar-refractivity contribution < 1.29 is 9.21 Å². The van der Waals surface area contributed by atoms with Crippen LogP contribution >= 0.6 is 11.8 Å². The maximum absolute atomic E-state index is 11.8. The van der Waals surface area contributed by atoms with Crippen molar-refractivity contribution in [1.82, 2.24) is 20.6 Å². The van der Waals surface area contributed by atoms with Gasteiger partial charge in [0.25, 0.3) is 11.1 Å². The topological polar surface area (TPSA) is 93.3 Å². The van der Waals surface area contributed by atoms with Crippen molar-refractivity contribution in [3.63, 3.8) is 0 Å². The summed E-state index contributed by atoms with van der Waals surface area (Å²) in [5, 5.41) is 12.4. The predicted octanol–water partition coefficient (Wildman–Crippen LogP) is 2.66. The Balaban J connectivity index is 1.48. The Labute approximate surface area is 138 Å². The van der Waals surface area contributed by atoms with E-state index in [1.165, 1.54) is 18.2 Å². The maximum Gasteiger partial charge on any atom is 0.277 e. The molecular weight excluding hydrogens is 314 g/mol. The number of carbonyl (C=O) groups excluding carboxylic acids is 1. The fourth-order valence-corrected chi connectivity index (χ4v) is 2.81. The first-order chi connectivity index (χ1) is 11.3. The largest absolute Gasteiger partial charge is 0.411 e. The van der Waals surface area contributed by atoms with Gasteiger partial charge in [0, 0.05) is 23.7 Å². The molecule has 2 aromatic rings. The number of carbonyl (C=O) groups is 1. The third kappa shape index (κ3) is 4.62. The molecule has 1 N–H and O–H groups in total. The lowest BCUT2D eigenvalue weighted by Gasteiger charge is -2.11. The average Bonchev–Trinajstić information content (AvgIpc) is 3.09. The second kappa shape index (κ2) is 7.87. The molecule has 1 aliphatic carbocycles. The Morgan fingerprint density at radius 2 is 2.00 bits per heavy atom. The number of nitrogens with zero attached hydrogens (tertiary/aromatic N) is 4. The van der Waals surface area contributed by atoms with Crippen molar-refractivity contribution in [2.45, 2.75) is 37.3 Å². The monoisotopic (exact) mass is 331 g/mol. The highest BCUT2D eigenvalue weighted by Crippen LogP contribution is 2.22. The summed E-state index contributed by atoms with van der Waals surface area (Å²) in [6.07, 6.45) is 8.83. The van der Waals surface area contributed by atoms with Gasteiger partial charge in [0.1, 0.15) is 0 Å². The van der Waals surface area contributed by atoms with E-state index < -0.39 is 0 Å². The summed E-state index contributed by atoms with van der Waals surface area (Å²) in [6, 6.07) is 3.57. The van der Waals surface area contributed by atoms with Gasteiger partial charge in [0.05, 0.1) is 5.75 Å². The smallest absolute Gasteiger partial charge is 0.277 e. The Kier molecular flexibility index (Phi) is 5.36. The minimum atomic E-state index is -0.170. The van der Waals surface area contributed by atoms with E-state index in [1.54, 1.807) is 24.5 Å². The number of amides is 1. The van der Waals surface area contributed by atoms with Crippen LogP contribution in [0.4, 0.5) is 0 Å². The van der Waals surface area contributed by atoms with Crippen LogP contribution in [0.15, 0.2) is 39.3 Å². The Morgan fingerprint density at radius 3 is 2.78 bits per heavy atom. The summed E-state index contributed by atoms with van der Waals surface area (Å²) in [7, 11) is 0. The van der Waals surface area contributed by atoms with E-state index in [4.69, 9.17) is 4.42 Å². The van der Waals surface area contributed by atoms with Gasteiger partial charge in [-0.15, -0.1) is 10.2 Å². The Bertz CT molecular complexity index is 678. The molecule has 2 aromatic heterocycles. The molecule has 1 saturated carbocycles. The van der Waals surface area contributed by atoms with Gasteiger partial charge in [-0.05, 0) is 37.8 Å². The SMILES string of the molecule is O=C(CSc1nnc(-c2ccncc2)o1)NN=C1CCCCC1. The predicted molar refractivity (Wildman–Crippen MR) is 86.9 cm³/mol. The first-order valence-electron chi connectivity index (χ1n) is 7.52. The van der Waals surface area contributed by atoms with Crippen LogP contribution in [0.25, 0.3) is 11.5 Å². The van der Waals surface area contributed by atoms with Crippen molar-refractivity contribution in [3.05, 3.63) is 24.5 Å². The highest BCUT2D eigenvalue weighted by molar-refractivity contribution is 7.99. The summed E-state index contributed by atoms with van der Waals surface area (Å²) in [5.74, 6) is 0.434. The molecule has 0 radical (unpaired) electrons. The van der Waals surface area contributed by atoms with Gasteiger partial charge in [-0.25, -0.2) is 5.43 Å². The van der Waals surface area contributed by atoms with E-state index in [0.717, 1.165) is 37.0 Å². The summed E-state index contributed by atoms with van der Waals surface area (Å²) in [6.45, 7) is 0. The molecule has 1 fully saturated rings. The first kappa shape index (κ1) is 15.7. The fraction of sp³-hybridized carbons (Fsp3) is 0.400. The molecule has 0 atom stereocenters. The zero-order valence-electron chi connectivity index (χ0n) is 12.6. The second-order valence-corrected chi connectivity index (χ2v) is 6.10. The van der Waals surface area contributed by atoms with Crippen molar-refractivity contribution in [2.24, 2.45) is 5.10 Å². The van der Waals surface area contributed by atoms with Crippen molar-refractivity contribution >= 4 is 23.4 Å². The van der Waals surface area contributed by atoms with Crippen LogP contribution in [-0.2, 0) is 4.79 Å². The molecule has 23 heavy (non-hydrogen) atoms. The molecule has 2 heterocycles. The van der Waals surface area contributed by atoms with Crippen LogP contribution in [0.5, 0.6) is 0 Å². The zero-order chi connectivity index (χ0) is 15.9. The molecule has 1 amide bonds. The second-order valence-electron chi connectivity index (χ2n) is 5.17. The number of hydrogen-bond acceptors (Lipinski definition) is 7. The van der Waals surface area contributed by atoms with E-state index in [0.29, 0.717) is 11.1 Å². The highest BCUT2D eigenvalue weighted by Gasteiger charge is 2.11. The van der Waals surface area contributed by atoms with Gasteiger partial charge < -0.3 is 4.42 Å². The van der Waals surface area contributed by atoms with Gasteiger partial charge in [0.15, 0.2) is 0 Å². The average molecular weight is 331 g/mol. The van der Waals surface area contributed by atoms with Gasteiger partial charge in [-0.1, -0.05) is 18.2 Å². The molecule has 8 heteroatoms. The number of rotatable bonds is 5. The summed E-state index contributed by atoms with van der Waals surface area (Å²) in [5.41, 5.74) is 4.47. The normalized spacial score (nSPS) is 14.5. The quantitative estimate of drug-likeness (QED) is 0.669. The zero-order valence-corrected chi connectivity index (χ0v) is 13.4. The molecule has 1 aliphatic rings. The summed E-state index contributed by atoms with van der Waals surface area (Å²) >= 11 is 1.19. The number of hydrogen-bond donors (Lipinski definition) is 1. The lowest BCUT2D eigenvalue weighted by Crippen LogP contribution is -2.22. The Hall–Kier alpha value is -2.22. The summed E-state index contributed by atoms with van der Waals surface area (Å²) < 4.78 is 5.51. The number of pyridine rings is 1. The molecule has 0 saturated heterocycles. The molecule has 3 rings (SSSR count). The minimum absolute atomic E-state index is 0.170. The fourth-order valence-electron chi connectivity index (χ4n) is 2.25. The number of aromatic nitrogens is 3. The Morgan fingerprint density at radius 1 is 1.22 bits per heavy atom. The van der Waals surface area contributed by atoms with Gasteiger partial charge in [0.2, 0.25) is 5.89 Å².